The lowest BCUT2D eigenvalue weighted by Gasteiger charge is -2.27. The molecule has 26 heavy (non-hydrogen) atoms. The molecule has 0 amide bonds. The molecular weight excluding hydrogens is 369 g/mol. The van der Waals surface area contributed by atoms with Crippen molar-refractivity contribution in [1.82, 2.24) is 5.32 Å². The molecule has 3 rings (SSSR count). The Bertz CT molecular complexity index is 880. The highest BCUT2D eigenvalue weighted by Crippen LogP contribution is 2.39. The summed E-state index contributed by atoms with van der Waals surface area (Å²) in [4.78, 5) is 10.00. The van der Waals surface area contributed by atoms with E-state index in [1.165, 1.54) is 0 Å². The largest absolute Gasteiger partial charge is 0.481 e. The average Bonchev–Trinajstić information content (AvgIpc) is 2.61. The Morgan fingerprint density at radius 2 is 2.23 bits per heavy atom. The minimum Gasteiger partial charge on any atom is -0.481 e. The molecule has 2 N–H and O–H groups in total. The maximum Gasteiger partial charge on any atom is 0.303 e. The van der Waals surface area contributed by atoms with E-state index < -0.39 is 10.8 Å². The Morgan fingerprint density at radius 3 is 3.00 bits per heavy atom. The van der Waals surface area contributed by atoms with Crippen LogP contribution >= 0.6 is 23.2 Å². The topological polar surface area (TPSA) is 49.3 Å². The summed E-state index contributed by atoms with van der Waals surface area (Å²) in [5.74, 6) is -0.862. The van der Waals surface area contributed by atoms with Gasteiger partial charge in [0, 0.05) is 16.9 Å². The van der Waals surface area contributed by atoms with Gasteiger partial charge in [0.15, 0.2) is 0 Å². The number of nitrogens with one attached hydrogen (secondary N) is 1. The van der Waals surface area contributed by atoms with E-state index in [0.29, 0.717) is 5.03 Å². The molecule has 2 aliphatic rings. The van der Waals surface area contributed by atoms with E-state index >= 15 is 0 Å². The molecule has 1 aromatic carbocycles. The number of carbonyl (C=O) groups is 1. The van der Waals surface area contributed by atoms with Gasteiger partial charge in [-0.15, -0.1) is 11.6 Å². The van der Waals surface area contributed by atoms with Crippen molar-refractivity contribution in [3.63, 3.8) is 0 Å². The molecule has 1 aromatic rings. The Morgan fingerprint density at radius 1 is 1.42 bits per heavy atom. The Balaban J connectivity index is 1.84. The lowest BCUT2D eigenvalue weighted by atomic mass is 9.93. The predicted molar refractivity (Wildman–Crippen MR) is 107 cm³/mol. The summed E-state index contributed by atoms with van der Waals surface area (Å²) in [7, 11) is 0. The normalized spacial score (nSPS) is 22.8. The van der Waals surface area contributed by atoms with E-state index in [2.05, 4.69) is 5.32 Å². The smallest absolute Gasteiger partial charge is 0.303 e. The van der Waals surface area contributed by atoms with E-state index in [0.717, 1.165) is 22.4 Å². The number of hydrogen-bond donors (Lipinski definition) is 2. The quantitative estimate of drug-likeness (QED) is 0.672. The highest BCUT2D eigenvalue weighted by molar-refractivity contribution is 6.42. The number of carboxylic acid groups (broad SMARTS) is 1. The lowest BCUT2D eigenvalue weighted by Crippen LogP contribution is -2.24. The van der Waals surface area contributed by atoms with Crippen LogP contribution in [0.25, 0.3) is 6.08 Å². The molecule has 0 saturated carbocycles. The van der Waals surface area contributed by atoms with Crippen molar-refractivity contribution in [2.45, 2.75) is 24.1 Å². The summed E-state index contributed by atoms with van der Waals surface area (Å²) in [5.41, 5.74) is 3.83. The minimum absolute atomic E-state index is 0.0583. The maximum atomic E-state index is 10.9. The van der Waals surface area contributed by atoms with Crippen molar-refractivity contribution >= 4 is 35.2 Å². The van der Waals surface area contributed by atoms with Gasteiger partial charge in [-0.3, -0.25) is 4.79 Å². The second-order valence-electron chi connectivity index (χ2n) is 6.45. The summed E-state index contributed by atoms with van der Waals surface area (Å²) in [5, 5.41) is 12.7. The van der Waals surface area contributed by atoms with Crippen LogP contribution in [0.2, 0.25) is 0 Å². The molecule has 0 spiro atoms. The number of halogens is 2. The molecule has 1 aliphatic carbocycles. The van der Waals surface area contributed by atoms with E-state index in [9.17, 15) is 4.79 Å². The first-order chi connectivity index (χ1) is 12.4. The summed E-state index contributed by atoms with van der Waals surface area (Å²) in [6.07, 6.45) is 13.3. The molecule has 5 heteroatoms. The number of alkyl halides is 1. The van der Waals surface area contributed by atoms with Crippen LogP contribution in [0.5, 0.6) is 0 Å². The van der Waals surface area contributed by atoms with Crippen LogP contribution in [0.4, 0.5) is 0 Å². The fourth-order valence-corrected chi connectivity index (χ4v) is 3.40. The average molecular weight is 388 g/mol. The van der Waals surface area contributed by atoms with E-state index in [1.54, 1.807) is 0 Å². The van der Waals surface area contributed by atoms with Gasteiger partial charge in [-0.25, -0.2) is 0 Å². The summed E-state index contributed by atoms with van der Waals surface area (Å²) in [6, 6.07) is 7.78. The summed E-state index contributed by atoms with van der Waals surface area (Å²) in [6.45, 7) is 1.90. The minimum atomic E-state index is -0.922. The Kier molecular flexibility index (Phi) is 5.40. The zero-order valence-corrected chi connectivity index (χ0v) is 15.8. The third-order valence-corrected chi connectivity index (χ3v) is 5.36. The number of benzene rings is 1. The molecule has 0 bridgehead atoms. The van der Waals surface area contributed by atoms with Gasteiger partial charge in [0.1, 0.15) is 4.87 Å². The zero-order chi connectivity index (χ0) is 18.7. The van der Waals surface area contributed by atoms with E-state index in [-0.39, 0.29) is 12.3 Å². The first-order valence-corrected chi connectivity index (χ1v) is 9.07. The number of fused-ring (bicyclic) bond motifs is 1. The fraction of sp³-hybridized carbons (Fsp3) is 0.190. The van der Waals surface area contributed by atoms with Crippen LogP contribution in [0.15, 0.2) is 77.1 Å². The second-order valence-corrected chi connectivity index (χ2v) is 7.48. The molecule has 2 atom stereocenters. The van der Waals surface area contributed by atoms with Crippen molar-refractivity contribution in [1.29, 1.82) is 0 Å². The number of aliphatic carboxylic acids is 1. The van der Waals surface area contributed by atoms with Gasteiger partial charge in [-0.2, -0.15) is 0 Å². The molecule has 0 aromatic heterocycles. The van der Waals surface area contributed by atoms with Crippen molar-refractivity contribution < 1.29 is 9.90 Å². The van der Waals surface area contributed by atoms with Gasteiger partial charge in [0.05, 0.1) is 6.42 Å². The molecular formula is C21H19Cl2NO2. The highest BCUT2D eigenvalue weighted by atomic mass is 35.5. The number of allylic oxidation sites excluding steroid dienone is 6. The molecule has 1 aliphatic heterocycles. The SMILES string of the molecule is CC(CC(=O)O)c1cccc(/C=C/C2(Cl)C=C3NC=CC=C3C=C2Cl)c1. The summed E-state index contributed by atoms with van der Waals surface area (Å²) >= 11 is 13.2. The van der Waals surface area contributed by atoms with Gasteiger partial charge in [-0.05, 0) is 40.8 Å². The van der Waals surface area contributed by atoms with Crippen molar-refractivity contribution in [2.75, 3.05) is 0 Å². The molecule has 0 saturated heterocycles. The van der Waals surface area contributed by atoms with Gasteiger partial charge in [0.25, 0.3) is 0 Å². The van der Waals surface area contributed by atoms with Gasteiger partial charge < -0.3 is 10.4 Å². The van der Waals surface area contributed by atoms with Crippen LogP contribution in [-0.4, -0.2) is 16.0 Å². The molecule has 0 fully saturated rings. The highest BCUT2D eigenvalue weighted by Gasteiger charge is 2.31. The molecule has 2 unspecified atom stereocenters. The van der Waals surface area contributed by atoms with Crippen molar-refractivity contribution in [2.24, 2.45) is 0 Å². The molecule has 3 nitrogen and oxygen atoms in total. The fourth-order valence-electron chi connectivity index (χ4n) is 2.93. The number of dihydropyridines is 1. The zero-order valence-electron chi connectivity index (χ0n) is 14.2. The molecule has 1 heterocycles. The molecule has 134 valence electrons. The van der Waals surface area contributed by atoms with Crippen LogP contribution in [0, 0.1) is 0 Å². The maximum absolute atomic E-state index is 10.9. The van der Waals surface area contributed by atoms with E-state index in [4.69, 9.17) is 28.3 Å². The van der Waals surface area contributed by atoms with E-state index in [1.807, 2.05) is 73.8 Å². The third kappa shape index (κ3) is 4.12. The number of rotatable bonds is 5. The predicted octanol–water partition coefficient (Wildman–Crippen LogP) is 5.32. The first-order valence-electron chi connectivity index (χ1n) is 8.31. The van der Waals surface area contributed by atoms with Crippen LogP contribution in [0.3, 0.4) is 0 Å². The monoisotopic (exact) mass is 387 g/mol. The van der Waals surface area contributed by atoms with Crippen LogP contribution in [0.1, 0.15) is 30.4 Å². The van der Waals surface area contributed by atoms with Gasteiger partial charge in [-0.1, -0.05) is 61.0 Å². The second kappa shape index (κ2) is 7.56. The van der Waals surface area contributed by atoms with Crippen LogP contribution < -0.4 is 5.32 Å². The Hall–Kier alpha value is -2.23. The van der Waals surface area contributed by atoms with Gasteiger partial charge >= 0.3 is 5.97 Å². The Labute approximate surface area is 163 Å². The van der Waals surface area contributed by atoms with Gasteiger partial charge in [0.2, 0.25) is 0 Å². The van der Waals surface area contributed by atoms with Crippen LogP contribution in [-0.2, 0) is 4.79 Å². The molecule has 0 radical (unpaired) electrons. The van der Waals surface area contributed by atoms with Crippen molar-refractivity contribution in [3.05, 3.63) is 88.3 Å². The first kappa shape index (κ1) is 18.6. The summed E-state index contributed by atoms with van der Waals surface area (Å²) < 4.78 is 0. The lowest BCUT2D eigenvalue weighted by molar-refractivity contribution is -0.137. The number of hydrogen-bond acceptors (Lipinski definition) is 2. The third-order valence-electron chi connectivity index (χ3n) is 4.40. The standard InChI is InChI=1S/C21H19Cl2NO2/c1-14(10-20(25)26)16-5-2-4-15(11-16)7-8-21(23)13-18-17(12-19(21)22)6-3-9-24-18/h2-9,11-14,24H,10H2,1H3,(H,25,26)/b8-7+. The van der Waals surface area contributed by atoms with Crippen molar-refractivity contribution in [3.8, 4) is 0 Å². The number of carboxylic acids is 1.